The number of nitrogens with one attached hydrogen (secondary N) is 1. The molecule has 0 heterocycles. The van der Waals surface area contributed by atoms with Crippen LogP contribution in [0, 0.1) is 5.82 Å². The van der Waals surface area contributed by atoms with Crippen molar-refractivity contribution in [1.29, 1.82) is 0 Å². The zero-order valence-electron chi connectivity index (χ0n) is 11.6. The molecule has 2 rings (SSSR count). The summed E-state index contributed by atoms with van der Waals surface area (Å²) in [5, 5.41) is 3.41. The summed E-state index contributed by atoms with van der Waals surface area (Å²) in [4.78, 5) is 13.7. The molecular weight excluding hydrogens is 291 g/mol. The minimum Gasteiger partial charge on any atom is -0.325 e. The van der Waals surface area contributed by atoms with Crippen LogP contribution in [0.1, 0.15) is 5.56 Å². The van der Waals surface area contributed by atoms with Crippen LogP contribution in [0.4, 0.5) is 10.1 Å². The summed E-state index contributed by atoms with van der Waals surface area (Å²) >= 11 is 5.78. The van der Waals surface area contributed by atoms with E-state index in [-0.39, 0.29) is 18.3 Å². The van der Waals surface area contributed by atoms with Crippen LogP contribution in [0.3, 0.4) is 0 Å². The summed E-state index contributed by atoms with van der Waals surface area (Å²) in [7, 11) is 1.81. The molecule has 0 saturated carbocycles. The Morgan fingerprint density at radius 3 is 2.62 bits per heavy atom. The molecule has 0 aliphatic rings. The molecule has 0 unspecified atom stereocenters. The molecule has 0 aliphatic heterocycles. The van der Waals surface area contributed by atoms with Crippen molar-refractivity contribution in [1.82, 2.24) is 4.90 Å². The quantitative estimate of drug-likeness (QED) is 0.916. The summed E-state index contributed by atoms with van der Waals surface area (Å²) < 4.78 is 13.1. The van der Waals surface area contributed by atoms with Crippen molar-refractivity contribution in [3.63, 3.8) is 0 Å². The van der Waals surface area contributed by atoms with Gasteiger partial charge in [-0.3, -0.25) is 9.69 Å². The second kappa shape index (κ2) is 7.20. The van der Waals surface area contributed by atoms with E-state index < -0.39 is 0 Å². The van der Waals surface area contributed by atoms with Gasteiger partial charge in [-0.25, -0.2) is 4.39 Å². The average molecular weight is 307 g/mol. The number of amides is 1. The van der Waals surface area contributed by atoms with Gasteiger partial charge in [0.2, 0.25) is 5.91 Å². The molecule has 0 fully saturated rings. The van der Waals surface area contributed by atoms with Crippen molar-refractivity contribution in [2.45, 2.75) is 6.54 Å². The largest absolute Gasteiger partial charge is 0.325 e. The Bertz CT molecular complexity index is 616. The summed E-state index contributed by atoms with van der Waals surface area (Å²) in [6, 6.07) is 13.3. The fourth-order valence-corrected chi connectivity index (χ4v) is 2.11. The minimum atomic E-state index is -0.272. The Kier molecular flexibility index (Phi) is 5.31. The highest BCUT2D eigenvalue weighted by molar-refractivity contribution is 6.30. The van der Waals surface area contributed by atoms with Crippen molar-refractivity contribution >= 4 is 23.2 Å². The maximum atomic E-state index is 13.1. The third-order valence-electron chi connectivity index (χ3n) is 2.88. The summed E-state index contributed by atoms with van der Waals surface area (Å²) in [5.74, 6) is -0.400. The number of hydrogen-bond acceptors (Lipinski definition) is 2. The van der Waals surface area contributed by atoms with Gasteiger partial charge in [-0.1, -0.05) is 23.7 Å². The van der Waals surface area contributed by atoms with Crippen LogP contribution in [0.15, 0.2) is 48.5 Å². The molecule has 0 radical (unpaired) electrons. The zero-order valence-corrected chi connectivity index (χ0v) is 12.4. The van der Waals surface area contributed by atoms with Crippen LogP contribution in [-0.4, -0.2) is 24.4 Å². The van der Waals surface area contributed by atoms with Gasteiger partial charge in [-0.05, 0) is 49.0 Å². The van der Waals surface area contributed by atoms with Crippen LogP contribution in [0.25, 0.3) is 0 Å². The first kappa shape index (κ1) is 15.5. The average Bonchev–Trinajstić information content (AvgIpc) is 2.41. The first-order chi connectivity index (χ1) is 10.0. The van der Waals surface area contributed by atoms with E-state index in [0.29, 0.717) is 17.3 Å². The summed E-state index contributed by atoms with van der Waals surface area (Å²) in [6.45, 7) is 0.727. The number of halogens is 2. The lowest BCUT2D eigenvalue weighted by molar-refractivity contribution is -0.117. The number of rotatable bonds is 5. The lowest BCUT2D eigenvalue weighted by Crippen LogP contribution is -2.29. The molecular formula is C16H16ClFN2O. The number of carbonyl (C=O) groups excluding carboxylic acids is 1. The molecule has 0 aliphatic carbocycles. The van der Waals surface area contributed by atoms with Crippen molar-refractivity contribution < 1.29 is 9.18 Å². The Hall–Kier alpha value is -1.91. The Morgan fingerprint density at radius 2 is 1.95 bits per heavy atom. The molecule has 21 heavy (non-hydrogen) atoms. The molecule has 3 nitrogen and oxygen atoms in total. The first-order valence-corrected chi connectivity index (χ1v) is 6.89. The Balaban J connectivity index is 1.86. The lowest BCUT2D eigenvalue weighted by atomic mass is 10.2. The predicted octanol–water partition coefficient (Wildman–Crippen LogP) is 3.55. The molecule has 110 valence electrons. The summed E-state index contributed by atoms with van der Waals surface area (Å²) in [5.41, 5.74) is 1.53. The van der Waals surface area contributed by atoms with E-state index in [4.69, 9.17) is 11.6 Å². The molecule has 0 spiro atoms. The van der Waals surface area contributed by atoms with Crippen LogP contribution in [-0.2, 0) is 11.3 Å². The molecule has 5 heteroatoms. The molecule has 0 bridgehead atoms. The van der Waals surface area contributed by atoms with Gasteiger partial charge in [0.05, 0.1) is 6.54 Å². The number of benzene rings is 2. The van der Waals surface area contributed by atoms with Gasteiger partial charge in [0, 0.05) is 17.3 Å². The zero-order chi connectivity index (χ0) is 15.2. The minimum absolute atomic E-state index is 0.128. The van der Waals surface area contributed by atoms with Gasteiger partial charge >= 0.3 is 0 Å². The SMILES string of the molecule is CN(CC(=O)Nc1ccc(Cl)cc1)Cc1cccc(F)c1. The van der Waals surface area contributed by atoms with Crippen molar-refractivity contribution in [2.75, 3.05) is 18.9 Å². The number of hydrogen-bond donors (Lipinski definition) is 1. The third kappa shape index (κ3) is 5.17. The highest BCUT2D eigenvalue weighted by Gasteiger charge is 2.08. The molecule has 0 aromatic heterocycles. The number of carbonyl (C=O) groups is 1. The maximum Gasteiger partial charge on any atom is 0.238 e. The fraction of sp³-hybridized carbons (Fsp3) is 0.188. The van der Waals surface area contributed by atoms with Gasteiger partial charge in [-0.15, -0.1) is 0 Å². The monoisotopic (exact) mass is 306 g/mol. The van der Waals surface area contributed by atoms with Gasteiger partial charge in [-0.2, -0.15) is 0 Å². The number of likely N-dealkylation sites (N-methyl/N-ethyl adjacent to an activating group) is 1. The van der Waals surface area contributed by atoms with E-state index in [1.165, 1.54) is 12.1 Å². The van der Waals surface area contributed by atoms with Crippen LogP contribution in [0.2, 0.25) is 5.02 Å². The molecule has 2 aromatic rings. The Labute approximate surface area is 128 Å². The lowest BCUT2D eigenvalue weighted by Gasteiger charge is -2.16. The standard InChI is InChI=1S/C16H16ClFN2O/c1-20(10-12-3-2-4-14(18)9-12)11-16(21)19-15-7-5-13(17)6-8-15/h2-9H,10-11H2,1H3,(H,19,21). The normalized spacial score (nSPS) is 10.7. The van der Waals surface area contributed by atoms with E-state index in [2.05, 4.69) is 5.32 Å². The van der Waals surface area contributed by atoms with Crippen LogP contribution in [0.5, 0.6) is 0 Å². The molecule has 0 atom stereocenters. The highest BCUT2D eigenvalue weighted by atomic mass is 35.5. The highest BCUT2D eigenvalue weighted by Crippen LogP contribution is 2.13. The second-order valence-corrected chi connectivity index (χ2v) is 5.29. The van der Waals surface area contributed by atoms with Crippen molar-refractivity contribution in [3.8, 4) is 0 Å². The fourth-order valence-electron chi connectivity index (χ4n) is 1.98. The van der Waals surface area contributed by atoms with E-state index in [0.717, 1.165) is 5.56 Å². The maximum absolute atomic E-state index is 13.1. The van der Waals surface area contributed by atoms with Gasteiger partial charge in [0.25, 0.3) is 0 Å². The topological polar surface area (TPSA) is 32.3 Å². The first-order valence-electron chi connectivity index (χ1n) is 6.51. The number of nitrogens with zero attached hydrogens (tertiary/aromatic N) is 1. The smallest absolute Gasteiger partial charge is 0.238 e. The van der Waals surface area contributed by atoms with E-state index in [9.17, 15) is 9.18 Å². The molecule has 2 aromatic carbocycles. The van der Waals surface area contributed by atoms with Gasteiger partial charge < -0.3 is 5.32 Å². The van der Waals surface area contributed by atoms with E-state index in [1.54, 1.807) is 30.3 Å². The van der Waals surface area contributed by atoms with Gasteiger partial charge in [0.1, 0.15) is 5.82 Å². The van der Waals surface area contributed by atoms with Crippen molar-refractivity contribution in [2.24, 2.45) is 0 Å². The van der Waals surface area contributed by atoms with Gasteiger partial charge in [0.15, 0.2) is 0 Å². The molecule has 1 amide bonds. The third-order valence-corrected chi connectivity index (χ3v) is 3.13. The van der Waals surface area contributed by atoms with Crippen LogP contribution < -0.4 is 5.32 Å². The van der Waals surface area contributed by atoms with E-state index >= 15 is 0 Å². The van der Waals surface area contributed by atoms with Crippen LogP contribution >= 0.6 is 11.6 Å². The van der Waals surface area contributed by atoms with E-state index in [1.807, 2.05) is 18.0 Å². The molecule has 1 N–H and O–H groups in total. The molecule has 0 saturated heterocycles. The predicted molar refractivity (Wildman–Crippen MR) is 82.8 cm³/mol. The number of anilines is 1. The van der Waals surface area contributed by atoms with Crippen molar-refractivity contribution in [3.05, 3.63) is 64.9 Å². The summed E-state index contributed by atoms with van der Waals surface area (Å²) in [6.07, 6.45) is 0. The Morgan fingerprint density at radius 1 is 1.24 bits per heavy atom. The second-order valence-electron chi connectivity index (χ2n) is 4.86.